The molecule has 3 aromatic carbocycles. The van der Waals surface area contributed by atoms with Gasteiger partial charge in [0.05, 0.1) is 22.3 Å². The van der Waals surface area contributed by atoms with Crippen LogP contribution in [0.15, 0.2) is 84.9 Å². The van der Waals surface area contributed by atoms with E-state index in [1.54, 1.807) is 117 Å². The summed E-state index contributed by atoms with van der Waals surface area (Å²) in [5, 5.41) is 23.1. The second-order valence-electron chi connectivity index (χ2n) is 21.8. The van der Waals surface area contributed by atoms with Crippen LogP contribution < -0.4 is 42.5 Å². The number of fused-ring (bicyclic) bond motifs is 2. The highest BCUT2D eigenvalue weighted by Crippen LogP contribution is 2.48. The maximum atomic E-state index is 14.5. The Bertz CT molecular complexity index is 2590. The summed E-state index contributed by atoms with van der Waals surface area (Å²) in [6.45, 7) is 13.2. The van der Waals surface area contributed by atoms with E-state index >= 15 is 0 Å². The van der Waals surface area contributed by atoms with Gasteiger partial charge in [-0.1, -0.05) is 113 Å². The summed E-state index contributed by atoms with van der Waals surface area (Å²) in [4.78, 5) is 115. The molecule has 9 atom stereocenters. The number of nitrogens with one attached hydrogen (secondary N) is 8. The van der Waals surface area contributed by atoms with Crippen molar-refractivity contribution in [1.29, 1.82) is 0 Å². The molecule has 4 fully saturated rings. The molecule has 7 rings (SSSR count). The molecule has 0 unspecified atom stereocenters. The van der Waals surface area contributed by atoms with Crippen LogP contribution in [-0.2, 0) is 51.4 Å². The highest BCUT2D eigenvalue weighted by molar-refractivity contribution is 8.00. The minimum absolute atomic E-state index is 0.119. The lowest BCUT2D eigenvalue weighted by Crippen LogP contribution is -2.60. The van der Waals surface area contributed by atoms with E-state index in [0.717, 1.165) is 11.1 Å². The largest absolute Gasteiger partial charge is 0.350 e. The minimum Gasteiger partial charge on any atom is -0.350 e. The van der Waals surface area contributed by atoms with Gasteiger partial charge < -0.3 is 52.3 Å². The van der Waals surface area contributed by atoms with Crippen LogP contribution >= 0.6 is 23.5 Å². The Labute approximate surface area is 448 Å². The highest BCUT2D eigenvalue weighted by atomic mass is 32.2. The summed E-state index contributed by atoms with van der Waals surface area (Å²) < 4.78 is 0. The smallest absolute Gasteiger partial charge is 0.247 e. The van der Waals surface area contributed by atoms with Gasteiger partial charge in [0.15, 0.2) is 0 Å². The number of amides is 8. The molecule has 8 N–H and O–H groups in total. The number of rotatable bonds is 18. The second-order valence-corrected chi connectivity index (χ2v) is 24.4. The average Bonchev–Trinajstić information content (AvgIpc) is 3.71. The van der Waals surface area contributed by atoms with Crippen LogP contribution in [0.25, 0.3) is 0 Å². The number of hydrogen-bond acceptors (Lipinski definition) is 12. The molecule has 75 heavy (non-hydrogen) atoms. The van der Waals surface area contributed by atoms with Crippen molar-refractivity contribution in [3.63, 3.8) is 0 Å². The molecule has 0 radical (unpaired) electrons. The van der Waals surface area contributed by atoms with Crippen molar-refractivity contribution >= 4 is 70.8 Å². The third-order valence-corrected chi connectivity index (χ3v) is 17.6. The van der Waals surface area contributed by atoms with E-state index in [0.29, 0.717) is 48.3 Å². The first-order valence-electron chi connectivity index (χ1n) is 25.8. The van der Waals surface area contributed by atoms with Crippen LogP contribution in [0.1, 0.15) is 108 Å². The van der Waals surface area contributed by atoms with Crippen molar-refractivity contribution in [2.75, 3.05) is 25.6 Å². The van der Waals surface area contributed by atoms with Crippen LogP contribution in [0.5, 0.6) is 0 Å². The Morgan fingerprint density at radius 2 is 1.01 bits per heavy atom. The van der Waals surface area contributed by atoms with Crippen LogP contribution in [-0.4, -0.2) is 129 Å². The van der Waals surface area contributed by atoms with Crippen molar-refractivity contribution in [1.82, 2.24) is 52.3 Å². The fourth-order valence-electron chi connectivity index (χ4n) is 10.3. The zero-order chi connectivity index (χ0) is 54.4. The number of likely N-dealkylation sites (N-methyl/N-ethyl adjacent to an activating group) is 2. The van der Waals surface area contributed by atoms with E-state index in [9.17, 15) is 38.4 Å². The molecule has 4 aliphatic heterocycles. The molecule has 0 aliphatic carbocycles. The van der Waals surface area contributed by atoms with Gasteiger partial charge in [-0.25, -0.2) is 0 Å². The van der Waals surface area contributed by atoms with E-state index in [2.05, 4.69) is 42.5 Å². The van der Waals surface area contributed by atoms with Gasteiger partial charge in [0.25, 0.3) is 0 Å². The molecule has 18 nitrogen and oxygen atoms in total. The normalized spacial score (nSPS) is 24.2. The van der Waals surface area contributed by atoms with E-state index in [4.69, 9.17) is 0 Å². The summed E-state index contributed by atoms with van der Waals surface area (Å²) in [7, 11) is 3.35. The molecule has 0 saturated carbocycles. The van der Waals surface area contributed by atoms with Crippen LogP contribution in [0.4, 0.5) is 0 Å². The van der Waals surface area contributed by atoms with Crippen molar-refractivity contribution in [2.45, 2.75) is 146 Å². The highest BCUT2D eigenvalue weighted by Gasteiger charge is 2.56. The molecular weight excluding hydrogens is 993 g/mol. The minimum atomic E-state index is -1.09. The maximum Gasteiger partial charge on any atom is 0.247 e. The van der Waals surface area contributed by atoms with E-state index in [1.165, 1.54) is 0 Å². The molecule has 404 valence electrons. The molecule has 0 bridgehead atoms. The lowest BCUT2D eigenvalue weighted by atomic mass is 9.83. The number of benzene rings is 3. The quantitative estimate of drug-likeness (QED) is 0.0916. The summed E-state index contributed by atoms with van der Waals surface area (Å²) in [6, 6.07) is 19.0. The molecule has 8 amide bonds. The standard InChI is InChI=1S/C55H74N10O8S2/c1-32(56-8)45(66)60-37-24-26-74-39-28-53(2,3)43(64(39)50(37)71)48(69)62-41(35-16-12-10-13-17-35)46(67)58-30-33-20-22-34(23-21-33)31-59-47(68)42(36-18-14-11-15-19-36)63-49(70)44-54(4,5)29-40-65(44)51(72)38(25-27-75-40)61-52(73)55(6,7)57-9/h10-23,32,37-44,56-57H,24-31H2,1-9H3,(H,58,67)(H,59,68)(H,60,66)(H,61,73)(H,62,69)(H,63,70)/t32-,37+,38-,39-,40-,41-,42+,43+,44+/m0/s1. The predicted molar refractivity (Wildman–Crippen MR) is 290 cm³/mol. The molecule has 0 spiro atoms. The summed E-state index contributed by atoms with van der Waals surface area (Å²) in [5.74, 6) is -1.87. The van der Waals surface area contributed by atoms with Crippen LogP contribution in [0.3, 0.4) is 0 Å². The van der Waals surface area contributed by atoms with Gasteiger partial charge in [-0.05, 0) is 105 Å². The Balaban J connectivity index is 0.996. The molecule has 3 aromatic rings. The fraction of sp³-hybridized carbons (Fsp3) is 0.527. The Hall–Kier alpha value is -5.96. The first-order chi connectivity index (χ1) is 35.6. The van der Waals surface area contributed by atoms with Crippen molar-refractivity contribution < 1.29 is 38.4 Å². The average molecular weight is 1070 g/mol. The van der Waals surface area contributed by atoms with Gasteiger partial charge in [-0.15, -0.1) is 23.5 Å². The lowest BCUT2D eigenvalue weighted by molar-refractivity contribution is -0.144. The molecule has 4 heterocycles. The number of carbonyl (C=O) groups is 8. The molecule has 0 aromatic heterocycles. The van der Waals surface area contributed by atoms with Crippen LogP contribution in [0.2, 0.25) is 0 Å². The predicted octanol–water partition coefficient (Wildman–Crippen LogP) is 3.39. The van der Waals surface area contributed by atoms with E-state index in [1.807, 2.05) is 64.1 Å². The summed E-state index contributed by atoms with van der Waals surface area (Å²) in [5.41, 5.74) is 0.422. The van der Waals surface area contributed by atoms with E-state index in [-0.39, 0.29) is 47.5 Å². The van der Waals surface area contributed by atoms with Crippen LogP contribution in [0, 0.1) is 10.8 Å². The zero-order valence-electron chi connectivity index (χ0n) is 44.4. The van der Waals surface area contributed by atoms with Gasteiger partial charge in [0, 0.05) is 13.1 Å². The molecule has 4 aliphatic rings. The van der Waals surface area contributed by atoms with Crippen molar-refractivity contribution in [3.8, 4) is 0 Å². The first-order valence-corrected chi connectivity index (χ1v) is 27.9. The number of carbonyl (C=O) groups excluding carboxylic acids is 8. The first kappa shape index (κ1) is 56.8. The topological polar surface area (TPSA) is 239 Å². The van der Waals surface area contributed by atoms with Gasteiger partial charge in [0.1, 0.15) is 36.3 Å². The second kappa shape index (κ2) is 23.9. The molecule has 4 saturated heterocycles. The monoisotopic (exact) mass is 1070 g/mol. The summed E-state index contributed by atoms with van der Waals surface area (Å²) >= 11 is 3.18. The SMILES string of the molecule is CN[C@@H](C)C(=O)N[C@@H]1CCS[C@H]2CC(C)(C)[C@@H](C(=O)N[C@H](C(=O)NCc3ccc(CNC(=O)[C@H](NC(=O)[C@H]4N5C(=O)[C@@H](NC(=O)C(C)(C)NC)CCS[C@H]5CC4(C)C)c4ccccc4)cc3)c3ccccc3)N2C1=O. The summed E-state index contributed by atoms with van der Waals surface area (Å²) in [6.07, 6.45) is 1.96. The van der Waals surface area contributed by atoms with Gasteiger partial charge in [-0.3, -0.25) is 38.4 Å². The lowest BCUT2D eigenvalue weighted by Gasteiger charge is -2.35. The maximum absolute atomic E-state index is 14.5. The zero-order valence-corrected chi connectivity index (χ0v) is 46.0. The van der Waals surface area contributed by atoms with Gasteiger partial charge >= 0.3 is 0 Å². The van der Waals surface area contributed by atoms with Crippen molar-refractivity contribution in [2.24, 2.45) is 10.8 Å². The van der Waals surface area contributed by atoms with Gasteiger partial charge in [0.2, 0.25) is 47.3 Å². The number of hydrogen-bond donors (Lipinski definition) is 8. The van der Waals surface area contributed by atoms with Gasteiger partial charge in [-0.2, -0.15) is 0 Å². The fourth-order valence-corrected chi connectivity index (χ4v) is 13.4. The number of nitrogens with zero attached hydrogens (tertiary/aromatic N) is 2. The Kier molecular flexibility index (Phi) is 18.1. The third kappa shape index (κ3) is 13.0. The molecular formula is C55H74N10O8S2. The Morgan fingerprint density at radius 1 is 0.613 bits per heavy atom. The molecule has 20 heteroatoms. The van der Waals surface area contributed by atoms with Crippen molar-refractivity contribution in [3.05, 3.63) is 107 Å². The third-order valence-electron chi connectivity index (χ3n) is 15.1. The Morgan fingerprint density at radius 3 is 1.40 bits per heavy atom. The van der Waals surface area contributed by atoms with E-state index < -0.39 is 82.3 Å². The number of thioether (sulfide) groups is 2.